The molecule has 1 aliphatic heterocycles. The van der Waals surface area contributed by atoms with Crippen molar-refractivity contribution >= 4 is 5.96 Å². The van der Waals surface area contributed by atoms with Crippen molar-refractivity contribution in [3.05, 3.63) is 0 Å². The topological polar surface area (TPSA) is 39.7 Å². The van der Waals surface area contributed by atoms with Crippen molar-refractivity contribution in [3.8, 4) is 0 Å². The molecule has 0 aliphatic carbocycles. The van der Waals surface area contributed by atoms with Crippen molar-refractivity contribution < 1.29 is 0 Å². The molecule has 0 bridgehead atoms. The Morgan fingerprint density at radius 1 is 1.26 bits per heavy atom. The summed E-state index contributed by atoms with van der Waals surface area (Å²) in [5, 5.41) is 6.84. The summed E-state index contributed by atoms with van der Waals surface area (Å²) in [6.45, 7) is 13.6. The highest BCUT2D eigenvalue weighted by atomic mass is 15.2. The number of nitrogens with one attached hydrogen (secondary N) is 2. The van der Waals surface area contributed by atoms with Gasteiger partial charge in [-0.3, -0.25) is 4.99 Å². The zero-order valence-corrected chi connectivity index (χ0v) is 13.4. The molecule has 1 unspecified atom stereocenters. The standard InChI is InChI=1S/C15H32N4/c1-12(2)14(4)18-15(16-5)17-8-11-19-9-6-13(3)7-10-19/h12-14H,6-11H2,1-5H3,(H2,16,17,18). The first-order valence-electron chi connectivity index (χ1n) is 7.72. The summed E-state index contributed by atoms with van der Waals surface area (Å²) in [6, 6.07) is 0.446. The summed E-state index contributed by atoms with van der Waals surface area (Å²) in [6.07, 6.45) is 2.69. The van der Waals surface area contributed by atoms with Gasteiger partial charge >= 0.3 is 0 Å². The second-order valence-electron chi connectivity index (χ2n) is 6.20. The molecular weight excluding hydrogens is 236 g/mol. The number of aliphatic imine (C=N–C) groups is 1. The number of nitrogens with zero attached hydrogens (tertiary/aromatic N) is 2. The van der Waals surface area contributed by atoms with Gasteiger partial charge in [-0.1, -0.05) is 20.8 Å². The van der Waals surface area contributed by atoms with Crippen LogP contribution in [0.15, 0.2) is 4.99 Å². The van der Waals surface area contributed by atoms with Gasteiger partial charge in [0.25, 0.3) is 0 Å². The summed E-state index contributed by atoms with van der Waals surface area (Å²) < 4.78 is 0. The Hall–Kier alpha value is -0.770. The Morgan fingerprint density at radius 3 is 2.42 bits per heavy atom. The fourth-order valence-corrected chi connectivity index (χ4v) is 2.20. The van der Waals surface area contributed by atoms with Crippen LogP contribution < -0.4 is 10.6 Å². The fourth-order valence-electron chi connectivity index (χ4n) is 2.20. The molecule has 1 aliphatic rings. The van der Waals surface area contributed by atoms with Crippen molar-refractivity contribution in [2.45, 2.75) is 46.6 Å². The van der Waals surface area contributed by atoms with Gasteiger partial charge in [-0.15, -0.1) is 0 Å². The van der Waals surface area contributed by atoms with Gasteiger partial charge in [0.15, 0.2) is 5.96 Å². The van der Waals surface area contributed by atoms with E-state index < -0.39 is 0 Å². The van der Waals surface area contributed by atoms with Gasteiger partial charge < -0.3 is 15.5 Å². The molecule has 4 heteroatoms. The molecule has 0 saturated carbocycles. The largest absolute Gasteiger partial charge is 0.355 e. The van der Waals surface area contributed by atoms with Gasteiger partial charge in [-0.2, -0.15) is 0 Å². The maximum absolute atomic E-state index is 4.28. The number of piperidine rings is 1. The van der Waals surface area contributed by atoms with Gasteiger partial charge in [0.1, 0.15) is 0 Å². The van der Waals surface area contributed by atoms with Crippen molar-refractivity contribution in [3.63, 3.8) is 0 Å². The molecule has 1 saturated heterocycles. The lowest BCUT2D eigenvalue weighted by Crippen LogP contribution is -2.47. The minimum Gasteiger partial charge on any atom is -0.355 e. The normalized spacial score (nSPS) is 20.6. The SMILES string of the molecule is CN=C(NCCN1CCC(C)CC1)NC(C)C(C)C. The van der Waals surface area contributed by atoms with E-state index in [1.807, 2.05) is 7.05 Å². The highest BCUT2D eigenvalue weighted by molar-refractivity contribution is 5.79. The van der Waals surface area contributed by atoms with Crippen LogP contribution in [0.25, 0.3) is 0 Å². The average Bonchev–Trinajstić information content (AvgIpc) is 2.39. The molecule has 0 aromatic rings. The van der Waals surface area contributed by atoms with E-state index in [1.165, 1.54) is 25.9 Å². The summed E-state index contributed by atoms with van der Waals surface area (Å²) in [7, 11) is 1.84. The predicted octanol–water partition coefficient (Wildman–Crippen LogP) is 1.93. The van der Waals surface area contributed by atoms with Crippen LogP contribution in [0, 0.1) is 11.8 Å². The van der Waals surface area contributed by atoms with Crippen LogP contribution in [-0.4, -0.2) is 50.1 Å². The Labute approximate surface area is 119 Å². The molecule has 112 valence electrons. The van der Waals surface area contributed by atoms with Crippen molar-refractivity contribution in [2.75, 3.05) is 33.2 Å². The molecule has 0 radical (unpaired) electrons. The molecule has 4 nitrogen and oxygen atoms in total. The van der Waals surface area contributed by atoms with Crippen molar-refractivity contribution in [2.24, 2.45) is 16.8 Å². The van der Waals surface area contributed by atoms with E-state index in [4.69, 9.17) is 0 Å². The number of hydrogen-bond donors (Lipinski definition) is 2. The van der Waals surface area contributed by atoms with Gasteiger partial charge in [0, 0.05) is 26.2 Å². The summed E-state index contributed by atoms with van der Waals surface area (Å²) in [5.74, 6) is 2.44. The van der Waals surface area contributed by atoms with E-state index in [-0.39, 0.29) is 0 Å². The van der Waals surface area contributed by atoms with Crippen LogP contribution in [-0.2, 0) is 0 Å². The Kier molecular flexibility index (Phi) is 7.21. The third kappa shape index (κ3) is 6.28. The van der Waals surface area contributed by atoms with Crippen molar-refractivity contribution in [1.29, 1.82) is 0 Å². The molecule has 1 rings (SSSR count). The van der Waals surface area contributed by atoms with E-state index in [2.05, 4.69) is 48.2 Å². The summed E-state index contributed by atoms with van der Waals surface area (Å²) in [5.41, 5.74) is 0. The predicted molar refractivity (Wildman–Crippen MR) is 83.6 cm³/mol. The fraction of sp³-hybridized carbons (Fsp3) is 0.933. The Balaban J connectivity index is 2.19. The summed E-state index contributed by atoms with van der Waals surface area (Å²) in [4.78, 5) is 6.83. The first kappa shape index (κ1) is 16.3. The van der Waals surface area contributed by atoms with Gasteiger partial charge in [-0.05, 0) is 44.7 Å². The summed E-state index contributed by atoms with van der Waals surface area (Å²) >= 11 is 0. The smallest absolute Gasteiger partial charge is 0.191 e. The lowest BCUT2D eigenvalue weighted by molar-refractivity contribution is 0.195. The van der Waals surface area contributed by atoms with Crippen LogP contribution in [0.2, 0.25) is 0 Å². The molecule has 0 amide bonds. The zero-order valence-electron chi connectivity index (χ0n) is 13.4. The number of likely N-dealkylation sites (tertiary alicyclic amines) is 1. The average molecular weight is 268 g/mol. The van der Waals surface area contributed by atoms with E-state index in [0.29, 0.717) is 12.0 Å². The minimum atomic E-state index is 0.446. The molecule has 0 aromatic heterocycles. The highest BCUT2D eigenvalue weighted by Crippen LogP contribution is 2.14. The maximum atomic E-state index is 4.28. The Morgan fingerprint density at radius 2 is 1.89 bits per heavy atom. The first-order valence-corrected chi connectivity index (χ1v) is 7.72. The number of hydrogen-bond acceptors (Lipinski definition) is 2. The van der Waals surface area contributed by atoms with Crippen LogP contribution in [0.3, 0.4) is 0 Å². The third-order valence-corrected chi connectivity index (χ3v) is 4.18. The lowest BCUT2D eigenvalue weighted by Gasteiger charge is -2.30. The number of rotatable bonds is 5. The second kappa shape index (κ2) is 8.41. The van der Waals surface area contributed by atoms with E-state index >= 15 is 0 Å². The molecular formula is C15H32N4. The molecule has 0 aromatic carbocycles. The van der Waals surface area contributed by atoms with E-state index in [1.54, 1.807) is 0 Å². The molecule has 19 heavy (non-hydrogen) atoms. The minimum absolute atomic E-state index is 0.446. The monoisotopic (exact) mass is 268 g/mol. The molecule has 0 spiro atoms. The molecule has 1 heterocycles. The second-order valence-corrected chi connectivity index (χ2v) is 6.20. The lowest BCUT2D eigenvalue weighted by atomic mass is 9.99. The quantitative estimate of drug-likeness (QED) is 0.591. The maximum Gasteiger partial charge on any atom is 0.191 e. The zero-order chi connectivity index (χ0) is 14.3. The van der Waals surface area contributed by atoms with Crippen molar-refractivity contribution in [1.82, 2.24) is 15.5 Å². The van der Waals surface area contributed by atoms with Gasteiger partial charge in [0.2, 0.25) is 0 Å². The van der Waals surface area contributed by atoms with E-state index in [9.17, 15) is 0 Å². The number of guanidine groups is 1. The molecule has 2 N–H and O–H groups in total. The third-order valence-electron chi connectivity index (χ3n) is 4.18. The first-order chi connectivity index (χ1) is 9.02. The van der Waals surface area contributed by atoms with Crippen LogP contribution >= 0.6 is 0 Å². The highest BCUT2D eigenvalue weighted by Gasteiger charge is 2.15. The van der Waals surface area contributed by atoms with Crippen LogP contribution in [0.4, 0.5) is 0 Å². The molecule has 1 atom stereocenters. The van der Waals surface area contributed by atoms with Gasteiger partial charge in [-0.25, -0.2) is 0 Å². The van der Waals surface area contributed by atoms with Crippen LogP contribution in [0.1, 0.15) is 40.5 Å². The Bertz CT molecular complexity index is 267. The van der Waals surface area contributed by atoms with E-state index in [0.717, 1.165) is 25.0 Å². The van der Waals surface area contributed by atoms with Gasteiger partial charge in [0.05, 0.1) is 0 Å². The van der Waals surface area contributed by atoms with Crippen LogP contribution in [0.5, 0.6) is 0 Å². The molecule has 1 fully saturated rings.